The van der Waals surface area contributed by atoms with Crippen molar-refractivity contribution in [2.75, 3.05) is 0 Å². The van der Waals surface area contributed by atoms with Crippen LogP contribution in [0.2, 0.25) is 0 Å². The minimum atomic E-state index is -1.03. The number of carbonyl (C=O) groups is 1. The summed E-state index contributed by atoms with van der Waals surface area (Å²) < 4.78 is 5.12. The molecular weight excluding hydrogens is 246 g/mol. The molecule has 0 atom stereocenters. The van der Waals surface area contributed by atoms with Gasteiger partial charge in [0.1, 0.15) is 0 Å². The second-order valence-corrected chi connectivity index (χ2v) is 3.86. The highest BCUT2D eigenvalue weighted by atomic mass is 16.5. The molecule has 3 rings (SSSR count). The molecule has 2 heterocycles. The fourth-order valence-electron chi connectivity index (χ4n) is 1.77. The van der Waals surface area contributed by atoms with Crippen LogP contribution in [0.3, 0.4) is 0 Å². The zero-order valence-corrected chi connectivity index (χ0v) is 9.70. The summed E-state index contributed by atoms with van der Waals surface area (Å²) in [6.07, 6.45) is 1.75. The highest BCUT2D eigenvalue weighted by molar-refractivity contribution is 5.94. The van der Waals surface area contributed by atoms with Gasteiger partial charge in [0.25, 0.3) is 5.89 Å². The molecule has 19 heavy (non-hydrogen) atoms. The summed E-state index contributed by atoms with van der Waals surface area (Å²) in [7, 11) is 0. The molecular formula is C13H9N3O3. The molecule has 6 heteroatoms. The molecule has 3 aromatic rings. The standard InChI is InChI=1S/C13H9N3O3/c17-13(18)9-5-2-1-4-8(9)12-15-11(16-19-12)10-6-3-7-14-10/h1-7,14H,(H,17,18). The zero-order chi connectivity index (χ0) is 13.2. The normalized spacial score (nSPS) is 10.5. The maximum absolute atomic E-state index is 11.1. The number of hydrogen-bond acceptors (Lipinski definition) is 4. The van der Waals surface area contributed by atoms with Crippen molar-refractivity contribution in [2.45, 2.75) is 0 Å². The van der Waals surface area contributed by atoms with Crippen LogP contribution in [0, 0.1) is 0 Å². The number of aromatic carboxylic acids is 1. The molecule has 0 aliphatic rings. The molecule has 0 saturated carbocycles. The monoisotopic (exact) mass is 255 g/mol. The van der Waals surface area contributed by atoms with Gasteiger partial charge in [0.05, 0.1) is 16.8 Å². The minimum Gasteiger partial charge on any atom is -0.478 e. The zero-order valence-electron chi connectivity index (χ0n) is 9.70. The van der Waals surface area contributed by atoms with E-state index in [9.17, 15) is 4.79 Å². The van der Waals surface area contributed by atoms with Gasteiger partial charge in [-0.1, -0.05) is 17.3 Å². The Morgan fingerprint density at radius 1 is 1.21 bits per heavy atom. The number of rotatable bonds is 3. The van der Waals surface area contributed by atoms with Crippen molar-refractivity contribution in [3.05, 3.63) is 48.2 Å². The van der Waals surface area contributed by atoms with Crippen LogP contribution >= 0.6 is 0 Å². The number of hydrogen-bond donors (Lipinski definition) is 2. The Morgan fingerprint density at radius 3 is 2.79 bits per heavy atom. The van der Waals surface area contributed by atoms with Crippen LogP contribution in [-0.2, 0) is 0 Å². The largest absolute Gasteiger partial charge is 0.478 e. The van der Waals surface area contributed by atoms with Crippen molar-refractivity contribution >= 4 is 5.97 Å². The third-order valence-corrected chi connectivity index (χ3v) is 2.65. The lowest BCUT2D eigenvalue weighted by atomic mass is 10.1. The van der Waals surface area contributed by atoms with E-state index in [4.69, 9.17) is 9.63 Å². The summed E-state index contributed by atoms with van der Waals surface area (Å²) in [4.78, 5) is 18.3. The first-order valence-corrected chi connectivity index (χ1v) is 5.56. The fraction of sp³-hybridized carbons (Fsp3) is 0. The minimum absolute atomic E-state index is 0.129. The molecule has 0 aliphatic carbocycles. The lowest BCUT2D eigenvalue weighted by Crippen LogP contribution is -1.99. The lowest BCUT2D eigenvalue weighted by molar-refractivity contribution is 0.0697. The molecule has 2 N–H and O–H groups in total. The molecule has 0 spiro atoms. The molecule has 94 valence electrons. The first-order valence-electron chi connectivity index (χ1n) is 5.56. The smallest absolute Gasteiger partial charge is 0.336 e. The average molecular weight is 255 g/mol. The number of nitrogens with one attached hydrogen (secondary N) is 1. The molecule has 0 aliphatic heterocycles. The third-order valence-electron chi connectivity index (χ3n) is 2.65. The van der Waals surface area contributed by atoms with E-state index in [-0.39, 0.29) is 11.5 Å². The number of aromatic amines is 1. The van der Waals surface area contributed by atoms with Gasteiger partial charge >= 0.3 is 5.97 Å². The molecule has 0 saturated heterocycles. The van der Waals surface area contributed by atoms with Gasteiger partial charge in [-0.3, -0.25) is 0 Å². The van der Waals surface area contributed by atoms with Gasteiger partial charge in [0, 0.05) is 6.20 Å². The van der Waals surface area contributed by atoms with Gasteiger partial charge in [0.2, 0.25) is 5.82 Å². The Morgan fingerprint density at radius 2 is 2.05 bits per heavy atom. The molecule has 2 aromatic heterocycles. The van der Waals surface area contributed by atoms with E-state index in [1.807, 2.05) is 6.07 Å². The first-order chi connectivity index (χ1) is 9.25. The fourth-order valence-corrected chi connectivity index (χ4v) is 1.77. The van der Waals surface area contributed by atoms with Gasteiger partial charge < -0.3 is 14.6 Å². The maximum atomic E-state index is 11.1. The van der Waals surface area contributed by atoms with Crippen molar-refractivity contribution in [2.24, 2.45) is 0 Å². The van der Waals surface area contributed by atoms with E-state index >= 15 is 0 Å². The third kappa shape index (κ3) is 1.99. The van der Waals surface area contributed by atoms with Crippen LogP contribution in [0.5, 0.6) is 0 Å². The number of carboxylic acid groups (broad SMARTS) is 1. The Balaban J connectivity index is 2.06. The van der Waals surface area contributed by atoms with Crippen LogP contribution in [0.25, 0.3) is 23.0 Å². The van der Waals surface area contributed by atoms with Gasteiger partial charge in [-0.05, 0) is 24.3 Å². The lowest BCUT2D eigenvalue weighted by Gasteiger charge is -1.99. The molecule has 0 fully saturated rings. The molecule has 6 nitrogen and oxygen atoms in total. The van der Waals surface area contributed by atoms with Crippen LogP contribution < -0.4 is 0 Å². The molecule has 0 radical (unpaired) electrons. The first kappa shape index (κ1) is 11.2. The van der Waals surface area contributed by atoms with Crippen LogP contribution in [-0.4, -0.2) is 26.2 Å². The molecule has 0 unspecified atom stereocenters. The average Bonchev–Trinajstić information content (AvgIpc) is 3.09. The highest BCUT2D eigenvalue weighted by Gasteiger charge is 2.17. The molecule has 1 aromatic carbocycles. The van der Waals surface area contributed by atoms with Gasteiger partial charge in [-0.2, -0.15) is 4.98 Å². The van der Waals surface area contributed by atoms with E-state index in [0.29, 0.717) is 17.1 Å². The Hall–Kier alpha value is -2.89. The Labute approximate surface area is 107 Å². The summed E-state index contributed by atoms with van der Waals surface area (Å²) in [5, 5.41) is 12.9. The highest BCUT2D eigenvalue weighted by Crippen LogP contribution is 2.24. The Bertz CT molecular complexity index is 716. The topological polar surface area (TPSA) is 92.0 Å². The molecule has 0 bridgehead atoms. The summed E-state index contributed by atoms with van der Waals surface area (Å²) in [6, 6.07) is 10.1. The van der Waals surface area contributed by atoms with Crippen molar-refractivity contribution < 1.29 is 14.4 Å². The summed E-state index contributed by atoms with van der Waals surface area (Å²) in [6.45, 7) is 0. The van der Waals surface area contributed by atoms with E-state index in [1.54, 1.807) is 30.5 Å². The summed E-state index contributed by atoms with van der Waals surface area (Å²) >= 11 is 0. The van der Waals surface area contributed by atoms with Gasteiger partial charge in [-0.15, -0.1) is 0 Å². The van der Waals surface area contributed by atoms with Crippen LogP contribution in [0.4, 0.5) is 0 Å². The van der Waals surface area contributed by atoms with E-state index in [1.165, 1.54) is 6.07 Å². The van der Waals surface area contributed by atoms with E-state index in [0.717, 1.165) is 0 Å². The van der Waals surface area contributed by atoms with Crippen molar-refractivity contribution in [3.63, 3.8) is 0 Å². The SMILES string of the molecule is O=C(O)c1ccccc1-c1nc(-c2ccc[nH]2)no1. The van der Waals surface area contributed by atoms with Gasteiger partial charge in [-0.25, -0.2) is 4.79 Å². The number of benzene rings is 1. The predicted molar refractivity (Wildman–Crippen MR) is 66.5 cm³/mol. The number of nitrogens with zero attached hydrogens (tertiary/aromatic N) is 2. The van der Waals surface area contributed by atoms with Gasteiger partial charge in [0.15, 0.2) is 0 Å². The van der Waals surface area contributed by atoms with Crippen molar-refractivity contribution in [1.29, 1.82) is 0 Å². The number of H-pyrrole nitrogens is 1. The van der Waals surface area contributed by atoms with E-state index < -0.39 is 5.97 Å². The predicted octanol–water partition coefficient (Wildman–Crippen LogP) is 2.43. The second-order valence-electron chi connectivity index (χ2n) is 3.86. The summed E-state index contributed by atoms with van der Waals surface area (Å²) in [5.74, 6) is -0.460. The maximum Gasteiger partial charge on any atom is 0.336 e. The van der Waals surface area contributed by atoms with Crippen LogP contribution in [0.1, 0.15) is 10.4 Å². The molecule has 0 amide bonds. The summed E-state index contributed by atoms with van der Waals surface area (Å²) in [5.41, 5.74) is 1.24. The van der Waals surface area contributed by atoms with Crippen LogP contribution in [0.15, 0.2) is 47.1 Å². The second kappa shape index (κ2) is 4.41. The van der Waals surface area contributed by atoms with E-state index in [2.05, 4.69) is 15.1 Å². The van der Waals surface area contributed by atoms with Crippen molar-refractivity contribution in [3.8, 4) is 23.0 Å². The quantitative estimate of drug-likeness (QED) is 0.749. The van der Waals surface area contributed by atoms with Crippen molar-refractivity contribution in [1.82, 2.24) is 15.1 Å². The Kier molecular flexibility index (Phi) is 2.60. The number of aromatic nitrogens is 3. The number of carboxylic acids is 1.